The number of methoxy groups -OCH3 is 2. The molecule has 0 amide bonds. The predicted molar refractivity (Wildman–Crippen MR) is 68.1 cm³/mol. The van der Waals surface area contributed by atoms with E-state index in [4.69, 9.17) is 5.11 Å². The van der Waals surface area contributed by atoms with Crippen molar-refractivity contribution in [1.29, 1.82) is 0 Å². The highest BCUT2D eigenvalue weighted by Crippen LogP contribution is 2.15. The molecule has 1 heterocycles. The molecule has 0 fully saturated rings. The highest BCUT2D eigenvalue weighted by molar-refractivity contribution is 5.99. The number of carbonyl (C=O) groups is 3. The van der Waals surface area contributed by atoms with Gasteiger partial charge in [-0.3, -0.25) is 0 Å². The molecule has 8 heteroatoms. The molecule has 0 radical (unpaired) electrons. The van der Waals surface area contributed by atoms with Crippen LogP contribution in [0.15, 0.2) is 24.0 Å². The van der Waals surface area contributed by atoms with Crippen molar-refractivity contribution < 1.29 is 29.0 Å². The molecule has 0 saturated carbocycles. The third-order valence-electron chi connectivity index (χ3n) is 2.37. The predicted octanol–water partition coefficient (Wildman–Crippen LogP) is 0.365. The molecule has 0 aliphatic heterocycles. The monoisotopic (exact) mass is 282 g/mol. The second-order valence-electron chi connectivity index (χ2n) is 3.73. The van der Waals surface area contributed by atoms with E-state index in [-0.39, 0.29) is 11.4 Å². The lowest BCUT2D eigenvalue weighted by Gasteiger charge is -2.06. The minimum Gasteiger partial charge on any atom is -0.477 e. The minimum absolute atomic E-state index is 0.0229. The molecule has 20 heavy (non-hydrogen) atoms. The van der Waals surface area contributed by atoms with Gasteiger partial charge in [-0.2, -0.15) is 0 Å². The molecule has 1 aromatic rings. The van der Waals surface area contributed by atoms with Gasteiger partial charge in [-0.1, -0.05) is 0 Å². The first-order valence-corrected chi connectivity index (χ1v) is 5.43. The van der Waals surface area contributed by atoms with Crippen LogP contribution in [0, 0.1) is 0 Å². The Morgan fingerprint density at radius 1 is 1.30 bits per heavy atom. The second-order valence-corrected chi connectivity index (χ2v) is 3.73. The van der Waals surface area contributed by atoms with E-state index >= 15 is 0 Å². The van der Waals surface area contributed by atoms with Gasteiger partial charge in [-0.05, 0) is 6.07 Å². The van der Waals surface area contributed by atoms with Crippen molar-refractivity contribution in [2.24, 2.45) is 7.05 Å². The summed E-state index contributed by atoms with van der Waals surface area (Å²) in [4.78, 5) is 33.6. The van der Waals surface area contributed by atoms with E-state index in [1.165, 1.54) is 31.0 Å². The summed E-state index contributed by atoms with van der Waals surface area (Å²) in [5.74, 6) is -2.64. The molecule has 0 spiro atoms. The molecule has 0 atom stereocenters. The average Bonchev–Trinajstić information content (AvgIpc) is 2.77. The molecule has 108 valence electrons. The topological polar surface area (TPSA) is 107 Å². The third kappa shape index (κ3) is 3.61. The molecule has 8 nitrogen and oxygen atoms in total. The van der Waals surface area contributed by atoms with E-state index in [1.807, 2.05) is 0 Å². The van der Waals surface area contributed by atoms with Gasteiger partial charge in [-0.15, -0.1) is 0 Å². The Balaban J connectivity index is 3.04. The van der Waals surface area contributed by atoms with Crippen molar-refractivity contribution >= 4 is 23.6 Å². The number of esters is 2. The Kier molecular flexibility index (Phi) is 4.90. The van der Waals surface area contributed by atoms with Crippen molar-refractivity contribution in [1.82, 2.24) is 4.57 Å². The normalized spacial score (nSPS) is 10.8. The summed E-state index contributed by atoms with van der Waals surface area (Å²) in [5.41, 5.74) is 0.183. The molecule has 2 N–H and O–H groups in total. The summed E-state index contributed by atoms with van der Waals surface area (Å²) >= 11 is 0. The van der Waals surface area contributed by atoms with E-state index in [0.717, 1.165) is 13.2 Å². The van der Waals surface area contributed by atoms with E-state index in [0.29, 0.717) is 5.69 Å². The molecule has 0 saturated heterocycles. The van der Waals surface area contributed by atoms with Crippen LogP contribution in [0.25, 0.3) is 0 Å². The van der Waals surface area contributed by atoms with Gasteiger partial charge >= 0.3 is 17.9 Å². The zero-order valence-electron chi connectivity index (χ0n) is 11.2. The quantitative estimate of drug-likeness (QED) is 0.593. The summed E-state index contributed by atoms with van der Waals surface area (Å²) in [6.07, 6.45) is 2.37. The molecule has 0 aromatic carbocycles. The van der Waals surface area contributed by atoms with Gasteiger partial charge < -0.3 is 24.5 Å². The Bertz CT molecular complexity index is 573. The summed E-state index contributed by atoms with van der Waals surface area (Å²) in [6.45, 7) is 0. The van der Waals surface area contributed by atoms with Crippen LogP contribution in [-0.4, -0.2) is 41.8 Å². The Morgan fingerprint density at radius 2 is 1.95 bits per heavy atom. The van der Waals surface area contributed by atoms with Crippen molar-refractivity contribution in [2.45, 2.75) is 0 Å². The number of aryl methyl sites for hydroxylation is 1. The van der Waals surface area contributed by atoms with Crippen LogP contribution in [0.3, 0.4) is 0 Å². The van der Waals surface area contributed by atoms with Crippen LogP contribution in [0.5, 0.6) is 0 Å². The molecule has 0 unspecified atom stereocenters. The first kappa shape index (κ1) is 15.3. The van der Waals surface area contributed by atoms with Crippen molar-refractivity contribution in [2.75, 3.05) is 19.5 Å². The molecule has 0 aliphatic carbocycles. The highest BCUT2D eigenvalue weighted by atomic mass is 16.5. The molecule has 0 aliphatic rings. The fourth-order valence-electron chi connectivity index (χ4n) is 1.43. The summed E-state index contributed by atoms with van der Waals surface area (Å²) in [7, 11) is 3.86. The van der Waals surface area contributed by atoms with Gasteiger partial charge in [0.15, 0.2) is 0 Å². The number of ether oxygens (including phenoxy) is 2. The zero-order valence-corrected chi connectivity index (χ0v) is 11.2. The van der Waals surface area contributed by atoms with E-state index in [2.05, 4.69) is 14.8 Å². The van der Waals surface area contributed by atoms with Crippen molar-refractivity contribution in [3.05, 3.63) is 29.7 Å². The number of carboxylic acids is 1. The number of carbonyl (C=O) groups excluding carboxylic acids is 2. The number of rotatable bonds is 5. The number of aromatic carboxylic acids is 1. The van der Waals surface area contributed by atoms with Crippen LogP contribution in [0.4, 0.5) is 5.69 Å². The van der Waals surface area contributed by atoms with E-state index < -0.39 is 17.9 Å². The second kappa shape index (κ2) is 6.41. The number of carboxylic acid groups (broad SMARTS) is 1. The Hall–Kier alpha value is -2.77. The van der Waals surface area contributed by atoms with Gasteiger partial charge in [0.25, 0.3) is 0 Å². The highest BCUT2D eigenvalue weighted by Gasteiger charge is 2.15. The molecule has 0 bridgehead atoms. The van der Waals surface area contributed by atoms with Crippen LogP contribution in [0.2, 0.25) is 0 Å². The minimum atomic E-state index is -1.11. The SMILES string of the molecule is COC(=O)/C=C(/Nc1cc(C(=O)O)n(C)c1)C(=O)OC. The van der Waals surface area contributed by atoms with E-state index in [1.54, 1.807) is 0 Å². The number of hydrogen-bond donors (Lipinski definition) is 2. The van der Waals surface area contributed by atoms with Crippen LogP contribution >= 0.6 is 0 Å². The first-order valence-electron chi connectivity index (χ1n) is 5.43. The van der Waals surface area contributed by atoms with Gasteiger partial charge in [0, 0.05) is 13.2 Å². The summed E-state index contributed by atoms with van der Waals surface area (Å²) < 4.78 is 10.3. The molecule has 1 aromatic heterocycles. The van der Waals surface area contributed by atoms with Crippen molar-refractivity contribution in [3.63, 3.8) is 0 Å². The lowest BCUT2D eigenvalue weighted by molar-refractivity contribution is -0.138. The largest absolute Gasteiger partial charge is 0.477 e. The Morgan fingerprint density at radius 3 is 2.40 bits per heavy atom. The number of nitrogens with zero attached hydrogens (tertiary/aromatic N) is 1. The number of aromatic nitrogens is 1. The van der Waals surface area contributed by atoms with Gasteiger partial charge in [0.05, 0.1) is 26.0 Å². The summed E-state index contributed by atoms with van der Waals surface area (Å²) in [5, 5.41) is 11.5. The fraction of sp³-hybridized carbons (Fsp3) is 0.250. The maximum absolute atomic E-state index is 11.5. The Labute approximate surface area is 114 Å². The maximum atomic E-state index is 11.5. The average molecular weight is 282 g/mol. The van der Waals surface area contributed by atoms with Crippen LogP contribution in [0.1, 0.15) is 10.5 Å². The van der Waals surface area contributed by atoms with Crippen LogP contribution < -0.4 is 5.32 Å². The summed E-state index contributed by atoms with van der Waals surface area (Å²) in [6, 6.07) is 1.32. The maximum Gasteiger partial charge on any atom is 0.354 e. The molecular weight excluding hydrogens is 268 g/mol. The van der Waals surface area contributed by atoms with Gasteiger partial charge in [-0.25, -0.2) is 14.4 Å². The number of anilines is 1. The zero-order chi connectivity index (χ0) is 15.3. The molecule has 1 rings (SSSR count). The lowest BCUT2D eigenvalue weighted by atomic mass is 10.3. The fourth-order valence-corrected chi connectivity index (χ4v) is 1.43. The first-order chi connectivity index (χ1) is 9.38. The van der Waals surface area contributed by atoms with Gasteiger partial charge in [0.1, 0.15) is 11.4 Å². The van der Waals surface area contributed by atoms with Crippen molar-refractivity contribution in [3.8, 4) is 0 Å². The third-order valence-corrected chi connectivity index (χ3v) is 2.37. The lowest BCUT2D eigenvalue weighted by Crippen LogP contribution is -2.15. The smallest absolute Gasteiger partial charge is 0.354 e. The van der Waals surface area contributed by atoms with E-state index in [9.17, 15) is 14.4 Å². The standard InChI is InChI=1S/C12H14N2O6/c1-14-6-7(4-9(14)11(16)17)13-8(12(18)20-3)5-10(15)19-2/h4-6,13H,1-3H3,(H,16,17)/b8-5+. The molecular formula is C12H14N2O6. The van der Waals surface area contributed by atoms with Gasteiger partial charge in [0.2, 0.25) is 0 Å². The number of nitrogens with one attached hydrogen (secondary N) is 1. The number of hydrogen-bond acceptors (Lipinski definition) is 6. The van der Waals surface area contributed by atoms with Crippen LogP contribution in [-0.2, 0) is 26.1 Å².